The second kappa shape index (κ2) is 4.86. The van der Waals surface area contributed by atoms with Crippen LogP contribution in [0.4, 0.5) is 18.9 Å². The number of amides is 2. The van der Waals surface area contributed by atoms with E-state index in [4.69, 9.17) is 10.00 Å². The third kappa shape index (κ3) is 2.01. The van der Waals surface area contributed by atoms with Crippen LogP contribution in [0.15, 0.2) is 18.2 Å². The fourth-order valence-corrected chi connectivity index (χ4v) is 4.73. The molecule has 3 fully saturated rings. The van der Waals surface area contributed by atoms with Gasteiger partial charge in [0.2, 0.25) is 11.8 Å². The summed E-state index contributed by atoms with van der Waals surface area (Å²) in [5, 5.41) is 8.90. The predicted molar refractivity (Wildman–Crippen MR) is 82.8 cm³/mol. The minimum absolute atomic E-state index is 0.160. The highest BCUT2D eigenvalue weighted by Crippen LogP contribution is 2.61. The van der Waals surface area contributed by atoms with Crippen LogP contribution >= 0.6 is 0 Å². The van der Waals surface area contributed by atoms with Crippen molar-refractivity contribution in [2.24, 2.45) is 11.8 Å². The van der Waals surface area contributed by atoms with Crippen molar-refractivity contribution in [3.63, 3.8) is 0 Å². The van der Waals surface area contributed by atoms with Crippen LogP contribution in [-0.4, -0.2) is 23.0 Å². The average molecular weight is 364 g/mol. The highest BCUT2D eigenvalue weighted by molar-refractivity contribution is 6.23. The second-order valence-electron chi connectivity index (χ2n) is 7.53. The van der Waals surface area contributed by atoms with E-state index in [-0.39, 0.29) is 5.69 Å². The summed E-state index contributed by atoms with van der Waals surface area (Å²) in [6.07, 6.45) is -3.51. The normalized spacial score (nSPS) is 35.8. The van der Waals surface area contributed by atoms with E-state index in [9.17, 15) is 22.8 Å². The predicted octanol–water partition coefficient (Wildman–Crippen LogP) is 3.02. The fraction of sp³-hybridized carbons (Fsp3) is 0.500. The second-order valence-corrected chi connectivity index (χ2v) is 7.53. The molecule has 26 heavy (non-hydrogen) atoms. The Kier molecular flexibility index (Phi) is 3.18. The maximum absolute atomic E-state index is 13.2. The van der Waals surface area contributed by atoms with Crippen LogP contribution in [0.3, 0.4) is 0 Å². The SMILES string of the molecule is CC12CC[C@@](C)(O1)[C@@H]1C(=O)N(c3ccc(C#N)c(C(F)(F)F)c3)C(=O)[C@@H]12. The first-order valence-corrected chi connectivity index (χ1v) is 8.21. The van der Waals surface area contributed by atoms with E-state index >= 15 is 0 Å². The lowest BCUT2D eigenvalue weighted by molar-refractivity contribution is -0.138. The zero-order valence-electron chi connectivity index (χ0n) is 14.1. The van der Waals surface area contributed by atoms with Gasteiger partial charge in [-0.15, -0.1) is 0 Å². The first kappa shape index (κ1) is 17.0. The molecule has 0 spiro atoms. The van der Waals surface area contributed by atoms with Crippen LogP contribution in [-0.2, 0) is 20.5 Å². The quantitative estimate of drug-likeness (QED) is 0.718. The van der Waals surface area contributed by atoms with Crippen molar-refractivity contribution < 1.29 is 27.5 Å². The smallest absolute Gasteiger partial charge is 0.367 e. The Morgan fingerprint density at radius 2 is 1.69 bits per heavy atom. The van der Waals surface area contributed by atoms with Gasteiger partial charge in [-0.3, -0.25) is 9.59 Å². The van der Waals surface area contributed by atoms with E-state index in [2.05, 4.69) is 0 Å². The van der Waals surface area contributed by atoms with Crippen molar-refractivity contribution in [2.75, 3.05) is 4.90 Å². The van der Waals surface area contributed by atoms with Gasteiger partial charge in [0.25, 0.3) is 0 Å². The van der Waals surface area contributed by atoms with Gasteiger partial charge in [-0.25, -0.2) is 4.90 Å². The van der Waals surface area contributed by atoms with E-state index < -0.39 is 52.2 Å². The van der Waals surface area contributed by atoms with Crippen LogP contribution < -0.4 is 4.90 Å². The Labute approximate surface area is 147 Å². The Hall–Kier alpha value is -2.40. The zero-order valence-corrected chi connectivity index (χ0v) is 14.1. The molecule has 0 radical (unpaired) electrons. The van der Waals surface area contributed by atoms with E-state index in [0.29, 0.717) is 18.9 Å². The van der Waals surface area contributed by atoms with Crippen molar-refractivity contribution in [3.8, 4) is 6.07 Å². The number of fused-ring (bicyclic) bond motifs is 5. The molecule has 0 aliphatic carbocycles. The number of nitrogens with zero attached hydrogens (tertiary/aromatic N) is 2. The van der Waals surface area contributed by atoms with Gasteiger partial charge in [-0.05, 0) is 44.9 Å². The Morgan fingerprint density at radius 3 is 2.15 bits per heavy atom. The summed E-state index contributed by atoms with van der Waals surface area (Å²) in [6, 6.07) is 4.38. The summed E-state index contributed by atoms with van der Waals surface area (Å²) in [4.78, 5) is 26.7. The molecule has 0 N–H and O–H groups in total. The van der Waals surface area contributed by atoms with Gasteiger partial charge in [0.05, 0.1) is 45.9 Å². The Bertz CT molecular complexity index is 857. The lowest BCUT2D eigenvalue weighted by Crippen LogP contribution is -2.40. The number of anilines is 1. The third-order valence-electron chi connectivity index (χ3n) is 5.89. The highest BCUT2D eigenvalue weighted by atomic mass is 19.4. The van der Waals surface area contributed by atoms with Gasteiger partial charge in [0, 0.05) is 0 Å². The molecule has 2 amide bonds. The van der Waals surface area contributed by atoms with Crippen LogP contribution in [0.25, 0.3) is 0 Å². The monoisotopic (exact) mass is 364 g/mol. The number of ether oxygens (including phenoxy) is 1. The summed E-state index contributed by atoms with van der Waals surface area (Å²) >= 11 is 0. The molecule has 5 nitrogen and oxygen atoms in total. The van der Waals surface area contributed by atoms with Crippen LogP contribution in [0.2, 0.25) is 0 Å². The largest absolute Gasteiger partial charge is 0.417 e. The van der Waals surface area contributed by atoms with Gasteiger partial charge in [0.15, 0.2) is 0 Å². The zero-order chi connectivity index (χ0) is 19.1. The molecule has 1 aromatic carbocycles. The maximum atomic E-state index is 13.2. The topological polar surface area (TPSA) is 70.4 Å². The van der Waals surface area contributed by atoms with Crippen molar-refractivity contribution in [1.82, 2.24) is 0 Å². The number of benzene rings is 1. The molecule has 1 aromatic rings. The minimum Gasteiger partial charge on any atom is -0.367 e. The number of hydrogen-bond donors (Lipinski definition) is 0. The summed E-state index contributed by atoms with van der Waals surface area (Å²) in [7, 11) is 0. The molecule has 2 bridgehead atoms. The number of rotatable bonds is 1. The van der Waals surface area contributed by atoms with Gasteiger partial charge in [-0.2, -0.15) is 18.4 Å². The molecule has 4 atom stereocenters. The number of carbonyl (C=O) groups excluding carboxylic acids is 2. The number of imide groups is 1. The maximum Gasteiger partial charge on any atom is 0.417 e. The molecule has 8 heteroatoms. The Morgan fingerprint density at radius 1 is 1.15 bits per heavy atom. The molecule has 4 rings (SSSR count). The summed E-state index contributed by atoms with van der Waals surface area (Å²) in [5.41, 5.74) is -3.43. The van der Waals surface area contributed by atoms with E-state index in [1.807, 2.05) is 0 Å². The van der Waals surface area contributed by atoms with Crippen molar-refractivity contribution in [2.45, 2.75) is 44.1 Å². The van der Waals surface area contributed by atoms with Gasteiger partial charge < -0.3 is 4.74 Å². The van der Waals surface area contributed by atoms with Gasteiger partial charge in [-0.1, -0.05) is 0 Å². The third-order valence-corrected chi connectivity index (χ3v) is 5.89. The van der Waals surface area contributed by atoms with Crippen LogP contribution in [0.1, 0.15) is 37.8 Å². The molecule has 136 valence electrons. The Balaban J connectivity index is 1.80. The lowest BCUT2D eigenvalue weighted by atomic mass is 9.69. The molecule has 3 heterocycles. The number of alkyl halides is 3. The van der Waals surface area contributed by atoms with Crippen molar-refractivity contribution >= 4 is 17.5 Å². The summed E-state index contributed by atoms with van der Waals surface area (Å²) in [6.45, 7) is 3.55. The summed E-state index contributed by atoms with van der Waals surface area (Å²) in [5.74, 6) is -2.47. The molecule has 3 aliphatic heterocycles. The van der Waals surface area contributed by atoms with Crippen molar-refractivity contribution in [1.29, 1.82) is 5.26 Å². The van der Waals surface area contributed by atoms with Gasteiger partial charge >= 0.3 is 6.18 Å². The molecule has 3 aliphatic rings. The minimum atomic E-state index is -4.76. The van der Waals surface area contributed by atoms with Crippen LogP contribution in [0.5, 0.6) is 0 Å². The first-order chi connectivity index (χ1) is 12.0. The molecule has 3 saturated heterocycles. The average Bonchev–Trinajstić information content (AvgIpc) is 3.10. The van der Waals surface area contributed by atoms with E-state index in [1.54, 1.807) is 13.8 Å². The van der Waals surface area contributed by atoms with E-state index in [1.165, 1.54) is 12.1 Å². The number of hydrogen-bond acceptors (Lipinski definition) is 4. The van der Waals surface area contributed by atoms with Crippen molar-refractivity contribution in [3.05, 3.63) is 29.3 Å². The standard InChI is InChI=1S/C18H15F3N2O3/c1-16-5-6-17(2,26-16)13-12(16)14(24)23(15(13)25)10-4-3-9(8-22)11(7-10)18(19,20)21/h3-4,7,12-13H,5-6H2,1-2H3/t12-,13+,16+,17?/m0/s1. The van der Waals surface area contributed by atoms with Gasteiger partial charge in [0.1, 0.15) is 0 Å². The molecular weight excluding hydrogens is 349 g/mol. The molecular formula is C18H15F3N2O3. The fourth-order valence-electron chi connectivity index (χ4n) is 4.73. The first-order valence-electron chi connectivity index (χ1n) is 8.21. The number of nitriles is 1. The number of carbonyl (C=O) groups is 2. The van der Waals surface area contributed by atoms with E-state index in [0.717, 1.165) is 11.0 Å². The van der Waals surface area contributed by atoms with Crippen LogP contribution in [0, 0.1) is 23.2 Å². The summed E-state index contributed by atoms with van der Waals surface area (Å²) < 4.78 is 45.6. The molecule has 0 aromatic heterocycles. The number of halogens is 3. The molecule has 1 unspecified atom stereocenters. The lowest BCUT2D eigenvalue weighted by Gasteiger charge is -2.27. The highest BCUT2D eigenvalue weighted by Gasteiger charge is 2.72. The molecule has 0 saturated carbocycles.